The van der Waals surface area contributed by atoms with Crippen molar-refractivity contribution in [1.29, 1.82) is 0 Å². The van der Waals surface area contributed by atoms with E-state index in [1.165, 1.54) is 5.56 Å². The van der Waals surface area contributed by atoms with Gasteiger partial charge in [-0.3, -0.25) is 0 Å². The van der Waals surface area contributed by atoms with Crippen LogP contribution in [-0.4, -0.2) is 31.1 Å². The van der Waals surface area contributed by atoms with E-state index in [4.69, 9.17) is 10.5 Å². The molecule has 0 bridgehead atoms. The number of primary amides is 1. The monoisotopic (exact) mass is 248 g/mol. The fourth-order valence-electron chi connectivity index (χ4n) is 2.53. The molecule has 1 aliphatic heterocycles. The second kappa shape index (κ2) is 5.76. The summed E-state index contributed by atoms with van der Waals surface area (Å²) in [6.45, 7) is 1.54. The number of hydrogen-bond acceptors (Lipinski definition) is 2. The molecule has 0 aliphatic carbocycles. The van der Waals surface area contributed by atoms with Gasteiger partial charge in [-0.2, -0.15) is 0 Å². The summed E-state index contributed by atoms with van der Waals surface area (Å²) in [5, 5.41) is 0. The number of carbonyl (C=O) groups excluding carboxylic acids is 1. The lowest BCUT2D eigenvalue weighted by atomic mass is 9.92. The summed E-state index contributed by atoms with van der Waals surface area (Å²) < 4.78 is 5.16. The van der Waals surface area contributed by atoms with E-state index in [1.807, 2.05) is 12.1 Å². The predicted molar refractivity (Wildman–Crippen MR) is 70.7 cm³/mol. The lowest BCUT2D eigenvalue weighted by molar-refractivity contribution is 0.209. The average molecular weight is 248 g/mol. The van der Waals surface area contributed by atoms with Crippen LogP contribution in [0.15, 0.2) is 24.3 Å². The first-order valence-electron chi connectivity index (χ1n) is 6.39. The second-order valence-electron chi connectivity index (χ2n) is 4.73. The maximum atomic E-state index is 11.2. The Bertz CT molecular complexity index is 403. The van der Waals surface area contributed by atoms with Gasteiger partial charge in [0, 0.05) is 13.1 Å². The number of carbonyl (C=O) groups is 1. The number of likely N-dealkylation sites (tertiary alicyclic amines) is 1. The van der Waals surface area contributed by atoms with Crippen molar-refractivity contribution < 1.29 is 9.53 Å². The van der Waals surface area contributed by atoms with Crippen LogP contribution in [0.4, 0.5) is 4.79 Å². The molecule has 0 saturated carbocycles. The van der Waals surface area contributed by atoms with Gasteiger partial charge in [0.25, 0.3) is 0 Å². The average Bonchev–Trinajstić information content (AvgIpc) is 2.64. The van der Waals surface area contributed by atoms with Gasteiger partial charge in [-0.25, -0.2) is 4.79 Å². The van der Waals surface area contributed by atoms with E-state index >= 15 is 0 Å². The third kappa shape index (κ3) is 2.94. The Morgan fingerprint density at radius 2 is 2.00 bits per heavy atom. The van der Waals surface area contributed by atoms with Crippen molar-refractivity contribution >= 4 is 6.03 Å². The number of ether oxygens (including phenoxy) is 1. The van der Waals surface area contributed by atoms with Crippen molar-refractivity contribution in [2.24, 2.45) is 5.73 Å². The number of methoxy groups -OCH3 is 1. The molecule has 2 amide bonds. The Morgan fingerprint density at radius 3 is 2.61 bits per heavy atom. The largest absolute Gasteiger partial charge is 0.497 e. The second-order valence-corrected chi connectivity index (χ2v) is 4.73. The standard InChI is InChI=1S/C14H20N2O2/c1-18-13-6-4-12(5-7-13)11-3-2-9-16(10-8-11)14(15)17/h4-7,11H,2-3,8-10H2,1H3,(H2,15,17). The molecule has 18 heavy (non-hydrogen) atoms. The van der Waals surface area contributed by atoms with Gasteiger partial charge in [0.2, 0.25) is 0 Å². The summed E-state index contributed by atoms with van der Waals surface area (Å²) in [6.07, 6.45) is 3.10. The fraction of sp³-hybridized carbons (Fsp3) is 0.500. The highest BCUT2D eigenvalue weighted by atomic mass is 16.5. The number of nitrogens with two attached hydrogens (primary N) is 1. The fourth-order valence-corrected chi connectivity index (χ4v) is 2.53. The topological polar surface area (TPSA) is 55.6 Å². The SMILES string of the molecule is COc1ccc(C2CCCN(C(N)=O)CC2)cc1. The lowest BCUT2D eigenvalue weighted by Crippen LogP contribution is -2.36. The van der Waals surface area contributed by atoms with Crippen LogP contribution in [0, 0.1) is 0 Å². The Balaban J connectivity index is 2.02. The third-order valence-corrected chi connectivity index (χ3v) is 3.63. The molecule has 1 aliphatic rings. The van der Waals surface area contributed by atoms with Crippen LogP contribution in [0.1, 0.15) is 30.7 Å². The number of amides is 2. The van der Waals surface area contributed by atoms with Crippen LogP contribution in [0.2, 0.25) is 0 Å². The molecule has 1 saturated heterocycles. The van der Waals surface area contributed by atoms with E-state index in [9.17, 15) is 4.79 Å². The Hall–Kier alpha value is -1.71. The molecule has 0 aromatic heterocycles. The molecule has 4 nitrogen and oxygen atoms in total. The van der Waals surface area contributed by atoms with Crippen LogP contribution in [0.5, 0.6) is 5.75 Å². The van der Waals surface area contributed by atoms with E-state index in [2.05, 4.69) is 12.1 Å². The summed E-state index contributed by atoms with van der Waals surface area (Å²) in [5.41, 5.74) is 6.65. The summed E-state index contributed by atoms with van der Waals surface area (Å²) in [7, 11) is 1.67. The molecule has 4 heteroatoms. The third-order valence-electron chi connectivity index (χ3n) is 3.63. The van der Waals surface area contributed by atoms with Gasteiger partial charge in [-0.05, 0) is 42.9 Å². The molecule has 98 valence electrons. The molecule has 2 N–H and O–H groups in total. The molecule has 1 aromatic carbocycles. The highest BCUT2D eigenvalue weighted by Gasteiger charge is 2.20. The number of rotatable bonds is 2. The van der Waals surface area contributed by atoms with Crippen LogP contribution in [0.3, 0.4) is 0 Å². The molecule has 1 heterocycles. The summed E-state index contributed by atoms with van der Waals surface area (Å²) in [5.74, 6) is 1.39. The minimum atomic E-state index is -0.301. The first-order chi connectivity index (χ1) is 8.70. The van der Waals surface area contributed by atoms with Crippen molar-refractivity contribution in [3.63, 3.8) is 0 Å². The van der Waals surface area contributed by atoms with Crippen LogP contribution < -0.4 is 10.5 Å². The zero-order valence-corrected chi connectivity index (χ0v) is 10.8. The molecule has 2 rings (SSSR count). The van der Waals surface area contributed by atoms with E-state index < -0.39 is 0 Å². The molecule has 0 radical (unpaired) electrons. The lowest BCUT2D eigenvalue weighted by Gasteiger charge is -2.18. The zero-order valence-electron chi connectivity index (χ0n) is 10.8. The molecular formula is C14H20N2O2. The Kier molecular flexibility index (Phi) is 4.07. The predicted octanol–water partition coefficient (Wildman–Crippen LogP) is 2.34. The molecule has 1 unspecified atom stereocenters. The quantitative estimate of drug-likeness (QED) is 0.873. The van der Waals surface area contributed by atoms with Gasteiger partial charge in [-0.1, -0.05) is 12.1 Å². The normalized spacial score (nSPS) is 20.3. The maximum Gasteiger partial charge on any atom is 0.314 e. The molecular weight excluding hydrogens is 228 g/mol. The van der Waals surface area contributed by atoms with Crippen LogP contribution in [-0.2, 0) is 0 Å². The summed E-state index contributed by atoms with van der Waals surface area (Å²) in [4.78, 5) is 12.9. The van der Waals surface area contributed by atoms with E-state index in [0.717, 1.165) is 38.1 Å². The Morgan fingerprint density at radius 1 is 1.28 bits per heavy atom. The van der Waals surface area contributed by atoms with E-state index in [1.54, 1.807) is 12.0 Å². The first-order valence-corrected chi connectivity index (χ1v) is 6.39. The summed E-state index contributed by atoms with van der Waals surface area (Å²) >= 11 is 0. The molecule has 1 aromatic rings. The van der Waals surface area contributed by atoms with Crippen molar-refractivity contribution in [3.8, 4) is 5.75 Å². The number of urea groups is 1. The van der Waals surface area contributed by atoms with Gasteiger partial charge in [-0.15, -0.1) is 0 Å². The molecule has 1 atom stereocenters. The number of benzene rings is 1. The van der Waals surface area contributed by atoms with Gasteiger partial charge < -0.3 is 15.4 Å². The highest BCUT2D eigenvalue weighted by Crippen LogP contribution is 2.29. The van der Waals surface area contributed by atoms with Crippen molar-refractivity contribution in [3.05, 3.63) is 29.8 Å². The number of hydrogen-bond donors (Lipinski definition) is 1. The van der Waals surface area contributed by atoms with Crippen molar-refractivity contribution in [1.82, 2.24) is 4.90 Å². The highest BCUT2D eigenvalue weighted by molar-refractivity contribution is 5.71. The first kappa shape index (κ1) is 12.7. The summed E-state index contributed by atoms with van der Waals surface area (Å²) in [6, 6.07) is 7.91. The Labute approximate surface area is 108 Å². The molecule has 1 fully saturated rings. The van der Waals surface area contributed by atoms with Gasteiger partial charge in [0.15, 0.2) is 0 Å². The van der Waals surface area contributed by atoms with Crippen molar-refractivity contribution in [2.75, 3.05) is 20.2 Å². The smallest absolute Gasteiger partial charge is 0.314 e. The van der Waals surface area contributed by atoms with Gasteiger partial charge in [0.1, 0.15) is 5.75 Å². The minimum Gasteiger partial charge on any atom is -0.497 e. The zero-order chi connectivity index (χ0) is 13.0. The minimum absolute atomic E-state index is 0.301. The number of nitrogens with zero attached hydrogens (tertiary/aromatic N) is 1. The van der Waals surface area contributed by atoms with E-state index in [0.29, 0.717) is 5.92 Å². The van der Waals surface area contributed by atoms with Gasteiger partial charge >= 0.3 is 6.03 Å². The molecule has 0 spiro atoms. The van der Waals surface area contributed by atoms with E-state index in [-0.39, 0.29) is 6.03 Å². The van der Waals surface area contributed by atoms with Crippen LogP contribution in [0.25, 0.3) is 0 Å². The van der Waals surface area contributed by atoms with Crippen LogP contribution >= 0.6 is 0 Å². The maximum absolute atomic E-state index is 11.2. The van der Waals surface area contributed by atoms with Gasteiger partial charge in [0.05, 0.1) is 7.11 Å². The van der Waals surface area contributed by atoms with Crippen molar-refractivity contribution in [2.45, 2.75) is 25.2 Å².